The van der Waals surface area contributed by atoms with Crippen molar-refractivity contribution in [3.8, 4) is 0 Å². The summed E-state index contributed by atoms with van der Waals surface area (Å²) in [5, 5.41) is 23.5. The molecule has 0 spiro atoms. The first kappa shape index (κ1) is 88.8. The zero-order valence-electron chi connectivity index (χ0n) is 61.6. The quantitative estimate of drug-likeness (QED) is 0.0320. The predicted octanol–water partition coefficient (Wildman–Crippen LogP) is 27.5. The van der Waals surface area contributed by atoms with E-state index in [-0.39, 0.29) is 18.5 Å². The monoisotopic (exact) mass is 1280 g/mol. The molecule has 536 valence electrons. The Balaban J connectivity index is 3.36. The Hall–Kier alpha value is -2.18. The average molecular weight is 1280 g/mol. The highest BCUT2D eigenvalue weighted by Gasteiger charge is 2.20. The molecule has 0 fully saturated rings. The smallest absolute Gasteiger partial charge is 0.305 e. The number of nitrogens with one attached hydrogen (secondary N) is 1. The molecule has 3 N–H and O–H groups in total. The van der Waals surface area contributed by atoms with Gasteiger partial charge in [0.2, 0.25) is 5.91 Å². The van der Waals surface area contributed by atoms with E-state index in [0.717, 1.165) is 57.8 Å². The molecule has 6 heteroatoms. The molecule has 0 aromatic carbocycles. The van der Waals surface area contributed by atoms with Crippen molar-refractivity contribution >= 4 is 11.9 Å². The second-order valence-corrected chi connectivity index (χ2v) is 28.5. The zero-order valence-corrected chi connectivity index (χ0v) is 61.6. The summed E-state index contributed by atoms with van der Waals surface area (Å²) >= 11 is 0. The highest BCUT2D eigenvalue weighted by Crippen LogP contribution is 2.20. The van der Waals surface area contributed by atoms with Gasteiger partial charge in [-0.05, 0) is 89.9 Å². The minimum atomic E-state index is -0.664. The number of allylic oxidation sites excluding steroid dienone is 8. The maximum absolute atomic E-state index is 12.6. The topological polar surface area (TPSA) is 95.9 Å². The number of hydrogen-bond acceptors (Lipinski definition) is 5. The fraction of sp³-hybridized carbons (Fsp3) is 0.882. The second-order valence-electron chi connectivity index (χ2n) is 28.5. The van der Waals surface area contributed by atoms with Gasteiger partial charge in [-0.3, -0.25) is 9.59 Å². The lowest BCUT2D eigenvalue weighted by Gasteiger charge is -2.22. The first-order valence-electron chi connectivity index (χ1n) is 41.4. The number of rotatable bonds is 78. The lowest BCUT2D eigenvalue weighted by atomic mass is 10.0. The second kappa shape index (κ2) is 80.3. The van der Waals surface area contributed by atoms with Crippen LogP contribution in [0.25, 0.3) is 0 Å². The van der Waals surface area contributed by atoms with Crippen molar-refractivity contribution in [2.75, 3.05) is 13.2 Å². The van der Waals surface area contributed by atoms with Crippen molar-refractivity contribution in [3.63, 3.8) is 0 Å². The number of aliphatic hydroxyl groups is 2. The van der Waals surface area contributed by atoms with Crippen LogP contribution in [0.15, 0.2) is 48.6 Å². The third-order valence-electron chi connectivity index (χ3n) is 19.4. The van der Waals surface area contributed by atoms with Gasteiger partial charge < -0.3 is 20.3 Å². The summed E-state index contributed by atoms with van der Waals surface area (Å²) in [5.41, 5.74) is 0. The molecule has 0 radical (unpaired) electrons. The highest BCUT2D eigenvalue weighted by molar-refractivity contribution is 5.76. The SMILES string of the molecule is CCCCC/C=C\C/C=C\CCCCCCCCCC(=O)OCCCCCCCCCCCCCCC/C=C\C/C=C\CCCCCCCCCCCCCCCCCCCC(=O)NC(CO)C(O)CCCCCCCCCCCCCCCCCCCCCC. The first-order valence-corrected chi connectivity index (χ1v) is 41.4. The van der Waals surface area contributed by atoms with Crippen molar-refractivity contribution in [2.45, 2.75) is 469 Å². The maximum Gasteiger partial charge on any atom is 0.305 e. The Labute approximate surface area is 569 Å². The van der Waals surface area contributed by atoms with Crippen LogP contribution in [0.4, 0.5) is 0 Å². The number of esters is 1. The van der Waals surface area contributed by atoms with E-state index in [0.29, 0.717) is 25.9 Å². The van der Waals surface area contributed by atoms with Gasteiger partial charge >= 0.3 is 5.97 Å². The van der Waals surface area contributed by atoms with Gasteiger partial charge in [0.1, 0.15) is 0 Å². The van der Waals surface area contributed by atoms with Crippen LogP contribution >= 0.6 is 0 Å². The van der Waals surface area contributed by atoms with Gasteiger partial charge in [-0.1, -0.05) is 403 Å². The molecule has 0 aliphatic rings. The molecule has 0 aliphatic carbocycles. The van der Waals surface area contributed by atoms with Crippen LogP contribution in [0.3, 0.4) is 0 Å². The van der Waals surface area contributed by atoms with E-state index in [4.69, 9.17) is 4.74 Å². The standard InChI is InChI=1S/C85H161NO5/c1-3-5-7-9-11-13-15-17-19-21-22-42-46-49-53-57-61-65-69-73-77-83(88)82(81-87)86-84(89)78-74-70-66-62-58-54-50-47-43-40-38-36-34-32-30-28-26-24-23-25-27-29-31-33-35-37-39-41-44-48-52-56-60-64-68-72-76-80-91-85(90)79-75-71-67-63-59-55-51-45-20-18-16-14-12-10-8-6-4-2/h12,14,18,20,23,25,29,31,82-83,87-88H,3-11,13,15-17,19,21-22,24,26-28,30,32-81H2,1-2H3,(H,86,89)/b14-12-,20-18-,25-23-,31-29-. The number of carbonyl (C=O) groups is 2. The summed E-state index contributed by atoms with van der Waals surface area (Å²) in [7, 11) is 0. The Morgan fingerprint density at radius 2 is 0.549 bits per heavy atom. The number of carbonyl (C=O) groups excluding carboxylic acids is 2. The molecule has 0 bridgehead atoms. The summed E-state index contributed by atoms with van der Waals surface area (Å²) in [4.78, 5) is 24.7. The Kier molecular flexibility index (Phi) is 78.3. The molecule has 0 aromatic heterocycles. The molecule has 1 amide bonds. The number of aliphatic hydroxyl groups excluding tert-OH is 2. The van der Waals surface area contributed by atoms with Crippen molar-refractivity contribution < 1.29 is 24.5 Å². The number of hydrogen-bond donors (Lipinski definition) is 3. The van der Waals surface area contributed by atoms with E-state index in [2.05, 4.69) is 67.8 Å². The minimum Gasteiger partial charge on any atom is -0.466 e. The van der Waals surface area contributed by atoms with E-state index in [1.165, 1.54) is 366 Å². The molecule has 2 unspecified atom stereocenters. The fourth-order valence-corrected chi connectivity index (χ4v) is 13.1. The lowest BCUT2D eigenvalue weighted by molar-refractivity contribution is -0.143. The van der Waals surface area contributed by atoms with Crippen molar-refractivity contribution in [1.29, 1.82) is 0 Å². The van der Waals surface area contributed by atoms with Crippen LogP contribution in [-0.2, 0) is 14.3 Å². The molecule has 0 rings (SSSR count). The highest BCUT2D eigenvalue weighted by atomic mass is 16.5. The van der Waals surface area contributed by atoms with Crippen LogP contribution in [0.5, 0.6) is 0 Å². The minimum absolute atomic E-state index is 0.0115. The Bertz CT molecular complexity index is 1520. The van der Waals surface area contributed by atoms with Gasteiger partial charge in [-0.15, -0.1) is 0 Å². The Morgan fingerprint density at radius 3 is 0.857 bits per heavy atom. The number of amides is 1. The molecule has 2 atom stereocenters. The molecule has 91 heavy (non-hydrogen) atoms. The molecule has 0 saturated heterocycles. The van der Waals surface area contributed by atoms with E-state index in [1.54, 1.807) is 0 Å². The normalized spacial score (nSPS) is 12.7. The molecule has 0 aliphatic heterocycles. The molecule has 0 heterocycles. The largest absolute Gasteiger partial charge is 0.466 e. The third-order valence-corrected chi connectivity index (χ3v) is 19.4. The van der Waals surface area contributed by atoms with Gasteiger partial charge in [0.15, 0.2) is 0 Å². The van der Waals surface area contributed by atoms with Crippen LogP contribution < -0.4 is 5.32 Å². The summed E-state index contributed by atoms with van der Waals surface area (Å²) in [5.74, 6) is -0.0161. The van der Waals surface area contributed by atoms with Crippen LogP contribution in [0.2, 0.25) is 0 Å². The third kappa shape index (κ3) is 76.7. The zero-order chi connectivity index (χ0) is 65.6. The lowest BCUT2D eigenvalue weighted by Crippen LogP contribution is -2.45. The van der Waals surface area contributed by atoms with Crippen LogP contribution in [0.1, 0.15) is 457 Å². The average Bonchev–Trinajstić information content (AvgIpc) is 3.65. The van der Waals surface area contributed by atoms with Gasteiger partial charge in [0.25, 0.3) is 0 Å². The molecule has 6 nitrogen and oxygen atoms in total. The van der Waals surface area contributed by atoms with Crippen LogP contribution in [0, 0.1) is 0 Å². The van der Waals surface area contributed by atoms with E-state index >= 15 is 0 Å². The van der Waals surface area contributed by atoms with Gasteiger partial charge in [-0.25, -0.2) is 0 Å². The molecular formula is C85H161NO5. The molecular weight excluding hydrogens is 1110 g/mol. The number of unbranched alkanes of at least 4 members (excludes halogenated alkanes) is 59. The van der Waals surface area contributed by atoms with Crippen LogP contribution in [-0.4, -0.2) is 47.4 Å². The summed E-state index contributed by atoms with van der Waals surface area (Å²) in [6.07, 6.45) is 106. The Morgan fingerprint density at radius 1 is 0.308 bits per heavy atom. The van der Waals surface area contributed by atoms with Crippen molar-refractivity contribution in [2.24, 2.45) is 0 Å². The fourth-order valence-electron chi connectivity index (χ4n) is 13.1. The maximum atomic E-state index is 12.6. The van der Waals surface area contributed by atoms with Gasteiger partial charge in [0.05, 0.1) is 25.4 Å². The van der Waals surface area contributed by atoms with Gasteiger partial charge in [-0.2, -0.15) is 0 Å². The first-order chi connectivity index (χ1) is 45.0. The predicted molar refractivity (Wildman–Crippen MR) is 402 cm³/mol. The molecule has 0 aromatic rings. The van der Waals surface area contributed by atoms with Gasteiger partial charge in [0, 0.05) is 12.8 Å². The number of ether oxygens (including phenoxy) is 1. The molecule has 0 saturated carbocycles. The summed E-state index contributed by atoms with van der Waals surface area (Å²) in [6.45, 7) is 4.97. The summed E-state index contributed by atoms with van der Waals surface area (Å²) in [6, 6.07) is -0.541. The summed E-state index contributed by atoms with van der Waals surface area (Å²) < 4.78 is 5.50. The van der Waals surface area contributed by atoms with Crippen molar-refractivity contribution in [3.05, 3.63) is 48.6 Å². The van der Waals surface area contributed by atoms with E-state index in [1.807, 2.05) is 0 Å². The van der Waals surface area contributed by atoms with E-state index in [9.17, 15) is 19.8 Å². The van der Waals surface area contributed by atoms with E-state index < -0.39 is 12.1 Å². The van der Waals surface area contributed by atoms with Crippen molar-refractivity contribution in [1.82, 2.24) is 5.32 Å².